The highest BCUT2D eigenvalue weighted by molar-refractivity contribution is 5.89. The van der Waals surface area contributed by atoms with E-state index in [4.69, 9.17) is 10.5 Å². The fraction of sp³-hybridized carbons (Fsp3) is 0.0476. The van der Waals surface area contributed by atoms with E-state index in [9.17, 15) is 0 Å². The number of rotatable bonds is 4. The van der Waals surface area contributed by atoms with Crippen LogP contribution in [0.4, 0.5) is 0 Å². The molecule has 3 aromatic rings. The summed E-state index contributed by atoms with van der Waals surface area (Å²) in [5.41, 5.74) is 3.57. The van der Waals surface area contributed by atoms with E-state index in [2.05, 4.69) is 35.0 Å². The Morgan fingerprint density at radius 2 is 1.75 bits per heavy atom. The minimum absolute atomic E-state index is 0.0973. The van der Waals surface area contributed by atoms with Gasteiger partial charge in [-0.1, -0.05) is 54.6 Å². The Bertz CT molecular complexity index is 977. The predicted molar refractivity (Wildman–Crippen MR) is 95.8 cm³/mol. The van der Waals surface area contributed by atoms with Crippen molar-refractivity contribution in [1.82, 2.24) is 4.57 Å². The van der Waals surface area contributed by atoms with Gasteiger partial charge in [-0.2, -0.15) is 10.5 Å². The van der Waals surface area contributed by atoms with Crippen molar-refractivity contribution in [2.45, 2.75) is 6.54 Å². The molecule has 24 heavy (non-hydrogen) atoms. The molecular weight excluding hydrogens is 294 g/mol. The van der Waals surface area contributed by atoms with Gasteiger partial charge in [0.15, 0.2) is 0 Å². The Morgan fingerprint density at radius 1 is 0.958 bits per heavy atom. The number of nitriles is 2. The van der Waals surface area contributed by atoms with Gasteiger partial charge in [0.1, 0.15) is 17.7 Å². The third-order valence-electron chi connectivity index (χ3n) is 3.82. The van der Waals surface area contributed by atoms with Crippen molar-refractivity contribution in [1.29, 1.82) is 10.5 Å². The summed E-state index contributed by atoms with van der Waals surface area (Å²) in [6.45, 7) is 0.824. The van der Waals surface area contributed by atoms with Crippen LogP contribution in [0.2, 0.25) is 0 Å². The maximum atomic E-state index is 8.76. The zero-order valence-corrected chi connectivity index (χ0v) is 13.1. The zero-order chi connectivity index (χ0) is 16.8. The van der Waals surface area contributed by atoms with Gasteiger partial charge in [-0.25, -0.2) is 0 Å². The molecule has 0 fully saturated rings. The molecule has 0 aliphatic carbocycles. The first-order valence-electron chi connectivity index (χ1n) is 7.62. The second-order valence-corrected chi connectivity index (χ2v) is 5.37. The summed E-state index contributed by atoms with van der Waals surface area (Å²) in [7, 11) is 0. The lowest BCUT2D eigenvalue weighted by molar-refractivity contribution is 0.837. The van der Waals surface area contributed by atoms with E-state index in [1.807, 2.05) is 48.5 Å². The second-order valence-electron chi connectivity index (χ2n) is 5.37. The van der Waals surface area contributed by atoms with E-state index in [-0.39, 0.29) is 5.57 Å². The van der Waals surface area contributed by atoms with Crippen LogP contribution >= 0.6 is 0 Å². The number of benzene rings is 2. The minimum atomic E-state index is 0.0973. The summed E-state index contributed by atoms with van der Waals surface area (Å²) in [5.74, 6) is 0. The van der Waals surface area contributed by atoms with E-state index in [1.54, 1.807) is 6.08 Å². The van der Waals surface area contributed by atoms with Gasteiger partial charge in [-0.05, 0) is 29.3 Å². The highest BCUT2D eigenvalue weighted by atomic mass is 14.9. The summed E-state index contributed by atoms with van der Waals surface area (Å²) >= 11 is 0. The van der Waals surface area contributed by atoms with Gasteiger partial charge in [-0.15, -0.1) is 0 Å². The SMILES string of the molecule is N#CC(C#N)=C/C=C/c1cccc2c1ccn2Cc1ccccc1. The predicted octanol–water partition coefficient (Wildman–Crippen LogP) is 4.68. The van der Waals surface area contributed by atoms with Gasteiger partial charge in [0.2, 0.25) is 0 Å². The fourth-order valence-corrected chi connectivity index (χ4v) is 2.66. The summed E-state index contributed by atoms with van der Waals surface area (Å²) in [5, 5.41) is 18.7. The molecule has 0 amide bonds. The summed E-state index contributed by atoms with van der Waals surface area (Å²) in [6.07, 6.45) is 7.27. The zero-order valence-electron chi connectivity index (χ0n) is 13.1. The quantitative estimate of drug-likeness (QED) is 0.519. The molecule has 0 spiro atoms. The van der Waals surface area contributed by atoms with Gasteiger partial charge in [0, 0.05) is 23.6 Å². The van der Waals surface area contributed by atoms with Crippen LogP contribution in [-0.4, -0.2) is 4.57 Å². The molecule has 0 N–H and O–H groups in total. The lowest BCUT2D eigenvalue weighted by Gasteiger charge is -2.06. The average molecular weight is 309 g/mol. The van der Waals surface area contributed by atoms with E-state index in [0.717, 1.165) is 23.0 Å². The summed E-state index contributed by atoms with van der Waals surface area (Å²) < 4.78 is 2.22. The van der Waals surface area contributed by atoms with Crippen molar-refractivity contribution in [3.05, 3.63) is 89.6 Å². The molecular formula is C21H15N3. The van der Waals surface area contributed by atoms with E-state index < -0.39 is 0 Å². The molecule has 0 unspecified atom stereocenters. The molecule has 0 saturated heterocycles. The van der Waals surface area contributed by atoms with Crippen molar-refractivity contribution in [3.8, 4) is 12.1 Å². The Morgan fingerprint density at radius 3 is 2.50 bits per heavy atom. The number of aromatic nitrogens is 1. The highest BCUT2D eigenvalue weighted by Crippen LogP contribution is 2.22. The molecule has 1 aromatic heterocycles. The lowest BCUT2D eigenvalue weighted by atomic mass is 10.1. The maximum absolute atomic E-state index is 8.76. The normalized spacial score (nSPS) is 10.4. The summed E-state index contributed by atoms with van der Waals surface area (Å²) in [6, 6.07) is 22.3. The number of hydrogen-bond donors (Lipinski definition) is 0. The molecule has 0 aliphatic heterocycles. The topological polar surface area (TPSA) is 52.5 Å². The minimum Gasteiger partial charge on any atom is -0.343 e. The smallest absolute Gasteiger partial charge is 0.129 e. The lowest BCUT2D eigenvalue weighted by Crippen LogP contribution is -1.97. The second kappa shape index (κ2) is 7.13. The number of fused-ring (bicyclic) bond motifs is 1. The first kappa shape index (κ1) is 15.3. The van der Waals surface area contributed by atoms with Crippen LogP contribution in [0.1, 0.15) is 11.1 Å². The van der Waals surface area contributed by atoms with E-state index >= 15 is 0 Å². The number of nitrogens with zero attached hydrogens (tertiary/aromatic N) is 3. The molecule has 114 valence electrons. The van der Waals surface area contributed by atoms with Crippen molar-refractivity contribution >= 4 is 17.0 Å². The first-order chi connectivity index (χ1) is 11.8. The average Bonchev–Trinajstić information content (AvgIpc) is 3.03. The molecule has 0 bridgehead atoms. The molecule has 3 rings (SSSR count). The molecule has 0 radical (unpaired) electrons. The van der Waals surface area contributed by atoms with Crippen molar-refractivity contribution in [2.24, 2.45) is 0 Å². The van der Waals surface area contributed by atoms with Gasteiger partial charge in [0.05, 0.1) is 0 Å². The van der Waals surface area contributed by atoms with E-state index in [0.29, 0.717) is 0 Å². The fourth-order valence-electron chi connectivity index (χ4n) is 2.66. The van der Waals surface area contributed by atoms with Crippen LogP contribution in [0.25, 0.3) is 17.0 Å². The Balaban J connectivity index is 1.93. The van der Waals surface area contributed by atoms with Crippen LogP contribution in [0, 0.1) is 22.7 Å². The van der Waals surface area contributed by atoms with Gasteiger partial charge in [-0.3, -0.25) is 0 Å². The largest absolute Gasteiger partial charge is 0.343 e. The first-order valence-corrected chi connectivity index (χ1v) is 7.62. The standard InChI is InChI=1S/C21H15N3/c22-14-18(15-23)8-4-9-19-10-5-11-21-20(19)12-13-24(21)16-17-6-2-1-3-7-17/h1-13H,16H2/b9-4+. The third-order valence-corrected chi connectivity index (χ3v) is 3.82. The van der Waals surface area contributed by atoms with Crippen LogP contribution in [0.15, 0.2) is 78.5 Å². The maximum Gasteiger partial charge on any atom is 0.129 e. The molecule has 1 heterocycles. The summed E-state index contributed by atoms with van der Waals surface area (Å²) in [4.78, 5) is 0. The van der Waals surface area contributed by atoms with Gasteiger partial charge < -0.3 is 4.57 Å². The molecule has 0 saturated carbocycles. The monoisotopic (exact) mass is 309 g/mol. The molecule has 3 heteroatoms. The third kappa shape index (κ3) is 3.27. The van der Waals surface area contributed by atoms with Crippen molar-refractivity contribution in [2.75, 3.05) is 0 Å². The highest BCUT2D eigenvalue weighted by Gasteiger charge is 2.04. The Hall–Kier alpha value is -3.56. The molecule has 3 nitrogen and oxygen atoms in total. The van der Waals surface area contributed by atoms with E-state index in [1.165, 1.54) is 11.6 Å². The van der Waals surface area contributed by atoms with Crippen molar-refractivity contribution < 1.29 is 0 Å². The van der Waals surface area contributed by atoms with Crippen LogP contribution in [0.5, 0.6) is 0 Å². The van der Waals surface area contributed by atoms with Crippen molar-refractivity contribution in [3.63, 3.8) is 0 Å². The Kier molecular flexibility index (Phi) is 4.56. The number of hydrogen-bond acceptors (Lipinski definition) is 2. The van der Waals surface area contributed by atoms with Crippen LogP contribution < -0.4 is 0 Å². The molecule has 2 aromatic carbocycles. The molecule has 0 aliphatic rings. The van der Waals surface area contributed by atoms with Crippen LogP contribution in [0.3, 0.4) is 0 Å². The van der Waals surface area contributed by atoms with Gasteiger partial charge >= 0.3 is 0 Å². The number of allylic oxidation sites excluding steroid dienone is 3. The van der Waals surface area contributed by atoms with Gasteiger partial charge in [0.25, 0.3) is 0 Å². The molecule has 0 atom stereocenters. The van der Waals surface area contributed by atoms with Crippen LogP contribution in [-0.2, 0) is 6.54 Å². The Labute approximate surface area is 141 Å².